The molecule has 0 N–H and O–H groups in total. The zero-order valence-corrected chi connectivity index (χ0v) is 6.59. The van der Waals surface area contributed by atoms with Gasteiger partial charge in [-0.05, 0) is 13.8 Å². The molecule has 0 aromatic carbocycles. The lowest BCUT2D eigenvalue weighted by atomic mass is 10.5. The average molecular weight is 140 g/mol. The number of hydrogen-bond acceptors (Lipinski definition) is 2. The molecule has 3 nitrogen and oxygen atoms in total. The monoisotopic (exact) mass is 140 g/mol. The zero-order valence-electron chi connectivity index (χ0n) is 6.59. The van der Waals surface area contributed by atoms with Gasteiger partial charge in [0.05, 0.1) is 6.61 Å². The molecule has 10 heavy (non-hydrogen) atoms. The summed E-state index contributed by atoms with van der Waals surface area (Å²) < 4.78 is 6.97. The Kier molecular flexibility index (Phi) is 1.94. The van der Waals surface area contributed by atoms with Gasteiger partial charge >= 0.3 is 0 Å². The van der Waals surface area contributed by atoms with Crippen molar-refractivity contribution in [3.63, 3.8) is 0 Å². The quantitative estimate of drug-likeness (QED) is 0.615. The van der Waals surface area contributed by atoms with E-state index >= 15 is 0 Å². The Balaban J connectivity index is 2.77. The van der Waals surface area contributed by atoms with Crippen LogP contribution in [-0.4, -0.2) is 16.4 Å². The van der Waals surface area contributed by atoms with Crippen molar-refractivity contribution in [1.29, 1.82) is 0 Å². The molecular formula is C7H12N2O. The van der Waals surface area contributed by atoms with Gasteiger partial charge in [-0.15, -0.1) is 5.10 Å². The Morgan fingerprint density at radius 3 is 2.80 bits per heavy atom. The van der Waals surface area contributed by atoms with Gasteiger partial charge in [0, 0.05) is 18.8 Å². The number of ether oxygens (including phenoxy) is 1. The highest BCUT2D eigenvalue weighted by molar-refractivity contribution is 5.13. The number of hydrogen-bond donors (Lipinski definition) is 0. The first kappa shape index (κ1) is 7.12. The Morgan fingerprint density at radius 1 is 1.70 bits per heavy atom. The second-order valence-corrected chi connectivity index (χ2v) is 2.18. The van der Waals surface area contributed by atoms with Crippen LogP contribution in [0.1, 0.15) is 12.6 Å². The van der Waals surface area contributed by atoms with Crippen molar-refractivity contribution < 1.29 is 4.74 Å². The molecule has 0 amide bonds. The lowest BCUT2D eigenvalue weighted by molar-refractivity contribution is 0.323. The SMILES string of the molecule is CCOc1cc(C)n(C)n1. The average Bonchev–Trinajstić information content (AvgIpc) is 2.14. The van der Waals surface area contributed by atoms with E-state index in [0.29, 0.717) is 12.5 Å². The third-order valence-corrected chi connectivity index (χ3v) is 1.38. The van der Waals surface area contributed by atoms with E-state index in [9.17, 15) is 0 Å². The predicted octanol–water partition coefficient (Wildman–Crippen LogP) is 1.13. The summed E-state index contributed by atoms with van der Waals surface area (Å²) in [6.07, 6.45) is 0. The molecular weight excluding hydrogens is 128 g/mol. The Bertz CT molecular complexity index is 198. The van der Waals surface area contributed by atoms with Gasteiger partial charge in [0.15, 0.2) is 0 Å². The topological polar surface area (TPSA) is 27.1 Å². The summed E-state index contributed by atoms with van der Waals surface area (Å²) in [7, 11) is 1.90. The molecule has 56 valence electrons. The summed E-state index contributed by atoms with van der Waals surface area (Å²) in [5.41, 5.74) is 1.11. The maximum absolute atomic E-state index is 5.18. The van der Waals surface area contributed by atoms with E-state index in [1.807, 2.05) is 27.0 Å². The second-order valence-electron chi connectivity index (χ2n) is 2.18. The fraction of sp³-hybridized carbons (Fsp3) is 0.571. The van der Waals surface area contributed by atoms with Crippen molar-refractivity contribution in [2.24, 2.45) is 7.05 Å². The van der Waals surface area contributed by atoms with Gasteiger partial charge in [-0.2, -0.15) is 0 Å². The molecule has 3 heteroatoms. The van der Waals surface area contributed by atoms with E-state index in [1.54, 1.807) is 4.68 Å². The maximum Gasteiger partial charge on any atom is 0.232 e. The smallest absolute Gasteiger partial charge is 0.232 e. The molecule has 0 bridgehead atoms. The normalized spacial score (nSPS) is 9.90. The van der Waals surface area contributed by atoms with Crippen LogP contribution >= 0.6 is 0 Å². The maximum atomic E-state index is 5.18. The molecule has 1 heterocycles. The van der Waals surface area contributed by atoms with Gasteiger partial charge in [-0.25, -0.2) is 0 Å². The molecule has 1 aromatic heterocycles. The molecule has 0 fully saturated rings. The molecule has 0 aliphatic heterocycles. The summed E-state index contributed by atoms with van der Waals surface area (Å²) >= 11 is 0. The fourth-order valence-electron chi connectivity index (χ4n) is 0.746. The summed E-state index contributed by atoms with van der Waals surface area (Å²) in [6.45, 7) is 4.62. The second kappa shape index (κ2) is 2.73. The van der Waals surface area contributed by atoms with Crippen LogP contribution in [0.2, 0.25) is 0 Å². The van der Waals surface area contributed by atoms with Crippen LogP contribution in [0, 0.1) is 6.92 Å². The molecule has 0 atom stereocenters. The Morgan fingerprint density at radius 2 is 2.40 bits per heavy atom. The highest BCUT2D eigenvalue weighted by Gasteiger charge is 1.98. The Labute approximate surface area is 60.6 Å². The van der Waals surface area contributed by atoms with Crippen LogP contribution in [0.4, 0.5) is 0 Å². The van der Waals surface area contributed by atoms with E-state index in [2.05, 4.69) is 5.10 Å². The molecule has 0 aliphatic rings. The summed E-state index contributed by atoms with van der Waals surface area (Å²) in [6, 6.07) is 1.92. The predicted molar refractivity (Wildman–Crippen MR) is 39.1 cm³/mol. The molecule has 0 unspecified atom stereocenters. The van der Waals surface area contributed by atoms with Crippen molar-refractivity contribution in [2.45, 2.75) is 13.8 Å². The summed E-state index contributed by atoms with van der Waals surface area (Å²) in [5, 5.41) is 4.09. The van der Waals surface area contributed by atoms with E-state index in [-0.39, 0.29) is 0 Å². The molecule has 0 spiro atoms. The van der Waals surface area contributed by atoms with Crippen LogP contribution in [-0.2, 0) is 7.05 Å². The van der Waals surface area contributed by atoms with Crippen molar-refractivity contribution in [3.8, 4) is 5.88 Å². The minimum atomic E-state index is 0.677. The fourth-order valence-corrected chi connectivity index (χ4v) is 0.746. The van der Waals surface area contributed by atoms with Gasteiger partial charge in [0.25, 0.3) is 0 Å². The molecule has 1 aromatic rings. The van der Waals surface area contributed by atoms with Crippen molar-refractivity contribution in [1.82, 2.24) is 9.78 Å². The van der Waals surface area contributed by atoms with Crippen LogP contribution in [0.3, 0.4) is 0 Å². The third-order valence-electron chi connectivity index (χ3n) is 1.38. The molecule has 0 saturated carbocycles. The van der Waals surface area contributed by atoms with Crippen molar-refractivity contribution in [3.05, 3.63) is 11.8 Å². The van der Waals surface area contributed by atoms with Crippen LogP contribution < -0.4 is 4.74 Å². The molecule has 0 aliphatic carbocycles. The highest BCUT2D eigenvalue weighted by atomic mass is 16.5. The number of aryl methyl sites for hydroxylation is 2. The lowest BCUT2D eigenvalue weighted by Crippen LogP contribution is -1.95. The van der Waals surface area contributed by atoms with Crippen LogP contribution in [0.25, 0.3) is 0 Å². The lowest BCUT2D eigenvalue weighted by Gasteiger charge is -1.93. The summed E-state index contributed by atoms with van der Waals surface area (Å²) in [4.78, 5) is 0. The van der Waals surface area contributed by atoms with E-state index in [4.69, 9.17) is 4.74 Å². The molecule has 0 radical (unpaired) electrons. The van der Waals surface area contributed by atoms with Gasteiger partial charge in [-0.1, -0.05) is 0 Å². The first-order valence-electron chi connectivity index (χ1n) is 3.37. The van der Waals surface area contributed by atoms with Crippen molar-refractivity contribution in [2.75, 3.05) is 6.61 Å². The highest BCUT2D eigenvalue weighted by Crippen LogP contribution is 2.08. The van der Waals surface area contributed by atoms with Gasteiger partial charge in [-0.3, -0.25) is 4.68 Å². The van der Waals surface area contributed by atoms with Gasteiger partial charge in [0.1, 0.15) is 0 Å². The number of nitrogens with zero attached hydrogens (tertiary/aromatic N) is 2. The van der Waals surface area contributed by atoms with Crippen LogP contribution in [0.15, 0.2) is 6.07 Å². The summed E-state index contributed by atoms with van der Waals surface area (Å²) in [5.74, 6) is 0.711. The van der Waals surface area contributed by atoms with E-state index in [1.165, 1.54) is 0 Å². The van der Waals surface area contributed by atoms with Gasteiger partial charge < -0.3 is 4.74 Å². The van der Waals surface area contributed by atoms with E-state index in [0.717, 1.165) is 5.69 Å². The minimum Gasteiger partial charge on any atom is -0.477 e. The van der Waals surface area contributed by atoms with E-state index < -0.39 is 0 Å². The zero-order chi connectivity index (χ0) is 7.56. The van der Waals surface area contributed by atoms with Crippen molar-refractivity contribution >= 4 is 0 Å². The third kappa shape index (κ3) is 1.29. The largest absolute Gasteiger partial charge is 0.477 e. The van der Waals surface area contributed by atoms with Crippen LogP contribution in [0.5, 0.6) is 5.88 Å². The Hall–Kier alpha value is -0.990. The number of rotatable bonds is 2. The first-order chi connectivity index (χ1) is 4.74. The minimum absolute atomic E-state index is 0.677. The number of aromatic nitrogens is 2. The van der Waals surface area contributed by atoms with Gasteiger partial charge in [0.2, 0.25) is 5.88 Å². The molecule has 1 rings (SSSR count). The standard InChI is InChI=1S/C7H12N2O/c1-4-10-7-5-6(2)9(3)8-7/h5H,4H2,1-3H3. The first-order valence-corrected chi connectivity index (χ1v) is 3.37. The molecule has 0 saturated heterocycles.